The number of sulfonamides is 1. The Morgan fingerprint density at radius 3 is 2.48 bits per heavy atom. The Morgan fingerprint density at radius 2 is 1.82 bits per heavy atom. The van der Waals surface area contributed by atoms with E-state index < -0.39 is 10.0 Å². The van der Waals surface area contributed by atoms with Gasteiger partial charge in [0.15, 0.2) is 5.82 Å². The van der Waals surface area contributed by atoms with Gasteiger partial charge in [0, 0.05) is 22.2 Å². The normalized spacial score (nSPS) is 12.6. The van der Waals surface area contributed by atoms with E-state index in [-0.39, 0.29) is 10.5 Å². The van der Waals surface area contributed by atoms with E-state index in [2.05, 4.69) is 10.1 Å². The van der Waals surface area contributed by atoms with Crippen molar-refractivity contribution in [2.45, 2.75) is 4.90 Å². The first kappa shape index (κ1) is 21.8. The zero-order chi connectivity index (χ0) is 23.3. The molecule has 0 fully saturated rings. The SMILES string of the molecule is NS(=O)(=O)c1ccc(-c2ccc(C=c3sc4nc(-c5ccc(Cl)cc5Cl)nn4c3=O)o2)cc1. The minimum Gasteiger partial charge on any atom is -0.457 e. The summed E-state index contributed by atoms with van der Waals surface area (Å²) in [5, 5.41) is 10.3. The van der Waals surface area contributed by atoms with Gasteiger partial charge in [-0.1, -0.05) is 34.5 Å². The van der Waals surface area contributed by atoms with E-state index in [1.807, 2.05) is 0 Å². The molecule has 0 saturated heterocycles. The van der Waals surface area contributed by atoms with Crippen LogP contribution in [-0.2, 0) is 10.0 Å². The van der Waals surface area contributed by atoms with E-state index in [4.69, 9.17) is 32.8 Å². The Bertz CT molecular complexity index is 1740. The van der Waals surface area contributed by atoms with Crippen molar-refractivity contribution in [3.8, 4) is 22.7 Å². The Balaban J connectivity index is 1.48. The lowest BCUT2D eigenvalue weighted by Gasteiger charge is -2.00. The maximum atomic E-state index is 12.8. The lowest BCUT2D eigenvalue weighted by Crippen LogP contribution is -2.23. The van der Waals surface area contributed by atoms with E-state index in [0.717, 1.165) is 11.3 Å². The van der Waals surface area contributed by atoms with Crippen LogP contribution in [0.15, 0.2) is 68.7 Å². The van der Waals surface area contributed by atoms with E-state index in [1.165, 1.54) is 16.6 Å². The molecule has 0 spiro atoms. The van der Waals surface area contributed by atoms with Crippen LogP contribution in [0.1, 0.15) is 5.76 Å². The third-order valence-electron chi connectivity index (χ3n) is 4.72. The van der Waals surface area contributed by atoms with Gasteiger partial charge in [0.1, 0.15) is 16.1 Å². The van der Waals surface area contributed by atoms with Crippen molar-refractivity contribution in [2.75, 3.05) is 0 Å². The predicted octanol–water partition coefficient (Wildman–Crippen LogP) is 3.58. The number of nitrogens with two attached hydrogens (primary N) is 1. The smallest absolute Gasteiger partial charge is 0.291 e. The summed E-state index contributed by atoms with van der Waals surface area (Å²) >= 11 is 13.3. The Kier molecular flexibility index (Phi) is 5.34. The number of fused-ring (bicyclic) bond motifs is 1. The molecule has 0 aliphatic heterocycles. The van der Waals surface area contributed by atoms with Crippen molar-refractivity contribution >= 4 is 55.6 Å². The molecule has 0 aliphatic rings. The number of primary sulfonamides is 1. The number of halogens is 2. The number of thiazole rings is 1. The highest BCUT2D eigenvalue weighted by molar-refractivity contribution is 7.89. The summed E-state index contributed by atoms with van der Waals surface area (Å²) in [5.41, 5.74) is 0.900. The van der Waals surface area contributed by atoms with Gasteiger partial charge in [-0.15, -0.1) is 5.10 Å². The average molecular weight is 519 g/mol. The molecular weight excluding hydrogens is 507 g/mol. The molecule has 2 aromatic carbocycles. The second-order valence-corrected chi connectivity index (χ2v) is 10.4. The van der Waals surface area contributed by atoms with Crippen LogP contribution in [0.5, 0.6) is 0 Å². The van der Waals surface area contributed by atoms with E-state index >= 15 is 0 Å². The van der Waals surface area contributed by atoms with Crippen molar-refractivity contribution < 1.29 is 12.8 Å². The van der Waals surface area contributed by atoms with Crippen molar-refractivity contribution in [2.24, 2.45) is 5.14 Å². The molecule has 5 aromatic rings. The highest BCUT2D eigenvalue weighted by Gasteiger charge is 2.15. The summed E-state index contributed by atoms with van der Waals surface area (Å²) in [6.45, 7) is 0. The zero-order valence-corrected chi connectivity index (χ0v) is 19.5. The van der Waals surface area contributed by atoms with Crippen LogP contribution in [-0.4, -0.2) is 23.0 Å². The first-order valence-corrected chi connectivity index (χ1v) is 12.4. The van der Waals surface area contributed by atoms with Crippen molar-refractivity contribution in [1.82, 2.24) is 14.6 Å². The second kappa shape index (κ2) is 8.08. The van der Waals surface area contributed by atoms with E-state index in [0.29, 0.717) is 48.0 Å². The topological polar surface area (TPSA) is 121 Å². The number of benzene rings is 2. The fourth-order valence-electron chi connectivity index (χ4n) is 3.14. The first-order chi connectivity index (χ1) is 15.7. The lowest BCUT2D eigenvalue weighted by molar-refractivity contribution is 0.571. The van der Waals surface area contributed by atoms with Gasteiger partial charge >= 0.3 is 0 Å². The number of aromatic nitrogens is 3. The molecule has 0 bridgehead atoms. The lowest BCUT2D eigenvalue weighted by atomic mass is 10.2. The molecule has 166 valence electrons. The average Bonchev–Trinajstić information content (AvgIpc) is 3.45. The fraction of sp³-hybridized carbons (Fsp3) is 0. The summed E-state index contributed by atoms with van der Waals surface area (Å²) in [5.74, 6) is 1.28. The summed E-state index contributed by atoms with van der Waals surface area (Å²) in [6.07, 6.45) is 1.60. The molecule has 0 radical (unpaired) electrons. The fourth-order valence-corrected chi connectivity index (χ4v) is 5.04. The molecule has 0 saturated carbocycles. The third kappa shape index (κ3) is 4.19. The zero-order valence-electron chi connectivity index (χ0n) is 16.4. The van der Waals surface area contributed by atoms with Gasteiger partial charge in [-0.2, -0.15) is 9.50 Å². The Labute approximate surface area is 200 Å². The van der Waals surface area contributed by atoms with Gasteiger partial charge in [-0.05, 0) is 54.6 Å². The van der Waals surface area contributed by atoms with Crippen molar-refractivity contribution in [1.29, 1.82) is 0 Å². The number of rotatable bonds is 4. The first-order valence-electron chi connectivity index (χ1n) is 9.29. The molecule has 0 aliphatic carbocycles. The van der Waals surface area contributed by atoms with Crippen molar-refractivity contribution in [3.63, 3.8) is 0 Å². The standard InChI is InChI=1S/C21H12Cl2N4O4S2/c22-12-3-7-15(16(23)9-12)19-25-21-27(26-19)20(28)18(32-21)10-13-4-8-17(31-13)11-1-5-14(6-2-11)33(24,29)30/h1-10H,(H2,24,29,30). The Hall–Kier alpha value is -3.02. The van der Waals surface area contributed by atoms with Crippen LogP contribution in [0, 0.1) is 0 Å². The highest BCUT2D eigenvalue weighted by atomic mass is 35.5. The monoisotopic (exact) mass is 518 g/mol. The van der Waals surface area contributed by atoms with Gasteiger partial charge in [0.25, 0.3) is 5.56 Å². The van der Waals surface area contributed by atoms with Crippen LogP contribution in [0.3, 0.4) is 0 Å². The predicted molar refractivity (Wildman–Crippen MR) is 127 cm³/mol. The number of nitrogens with zero attached hydrogens (tertiary/aromatic N) is 3. The minimum atomic E-state index is -3.77. The molecular formula is C21H12Cl2N4O4S2. The molecule has 0 unspecified atom stereocenters. The quantitative estimate of drug-likeness (QED) is 0.388. The van der Waals surface area contributed by atoms with Crippen LogP contribution in [0.4, 0.5) is 0 Å². The molecule has 2 N–H and O–H groups in total. The maximum absolute atomic E-state index is 12.8. The number of furan rings is 1. The second-order valence-electron chi connectivity index (χ2n) is 6.94. The molecule has 0 amide bonds. The van der Waals surface area contributed by atoms with Gasteiger partial charge in [0.2, 0.25) is 15.0 Å². The van der Waals surface area contributed by atoms with Crippen LogP contribution in [0.2, 0.25) is 10.0 Å². The van der Waals surface area contributed by atoms with Crippen molar-refractivity contribution in [3.05, 3.63) is 85.3 Å². The summed E-state index contributed by atoms with van der Waals surface area (Å²) in [4.78, 5) is 17.6. The van der Waals surface area contributed by atoms with Gasteiger partial charge in [-0.3, -0.25) is 4.79 Å². The van der Waals surface area contributed by atoms with E-state index in [9.17, 15) is 13.2 Å². The molecule has 3 aromatic heterocycles. The maximum Gasteiger partial charge on any atom is 0.291 e. The van der Waals surface area contributed by atoms with Gasteiger partial charge < -0.3 is 4.42 Å². The molecule has 5 rings (SSSR count). The highest BCUT2D eigenvalue weighted by Crippen LogP contribution is 2.28. The summed E-state index contributed by atoms with van der Waals surface area (Å²) in [6, 6.07) is 14.4. The largest absolute Gasteiger partial charge is 0.457 e. The minimum absolute atomic E-state index is 0.00859. The molecule has 8 nitrogen and oxygen atoms in total. The molecule has 33 heavy (non-hydrogen) atoms. The Morgan fingerprint density at radius 1 is 1.06 bits per heavy atom. The number of hydrogen-bond donors (Lipinski definition) is 1. The number of hydrogen-bond acceptors (Lipinski definition) is 7. The molecule has 3 heterocycles. The third-order valence-corrected chi connectivity index (χ3v) is 7.16. The molecule has 0 atom stereocenters. The van der Waals surface area contributed by atoms with Crippen LogP contribution < -0.4 is 15.2 Å². The van der Waals surface area contributed by atoms with Gasteiger partial charge in [-0.25, -0.2) is 13.6 Å². The summed E-state index contributed by atoms with van der Waals surface area (Å²) < 4.78 is 30.2. The van der Waals surface area contributed by atoms with E-state index in [1.54, 1.807) is 48.5 Å². The van der Waals surface area contributed by atoms with Crippen LogP contribution >= 0.6 is 34.5 Å². The van der Waals surface area contributed by atoms with Crippen LogP contribution in [0.25, 0.3) is 33.7 Å². The molecule has 12 heteroatoms. The van der Waals surface area contributed by atoms with Gasteiger partial charge in [0.05, 0.1) is 9.92 Å². The summed E-state index contributed by atoms with van der Waals surface area (Å²) in [7, 11) is -3.77.